The van der Waals surface area contributed by atoms with Gasteiger partial charge in [0.25, 0.3) is 0 Å². The summed E-state index contributed by atoms with van der Waals surface area (Å²) < 4.78 is 15.5. The Kier molecular flexibility index (Phi) is 4.77. The zero-order valence-electron chi connectivity index (χ0n) is 17.7. The first-order valence-electron chi connectivity index (χ1n) is 11.5. The van der Waals surface area contributed by atoms with Gasteiger partial charge in [-0.1, -0.05) is 30.7 Å². The van der Waals surface area contributed by atoms with Crippen molar-refractivity contribution in [2.45, 2.75) is 70.4 Å². The van der Waals surface area contributed by atoms with Gasteiger partial charge in [0.1, 0.15) is 6.67 Å². The maximum atomic E-state index is 13.3. The third-order valence-corrected chi connectivity index (χ3v) is 9.28. The normalized spacial score (nSPS) is 43.8. The summed E-state index contributed by atoms with van der Waals surface area (Å²) in [4.78, 5) is 4.18. The predicted molar refractivity (Wildman–Crippen MR) is 113 cm³/mol. The van der Waals surface area contributed by atoms with Crippen LogP contribution in [0.5, 0.6) is 0 Å². The van der Waals surface area contributed by atoms with Crippen molar-refractivity contribution in [3.8, 4) is 0 Å². The molecule has 29 heavy (non-hydrogen) atoms. The summed E-state index contributed by atoms with van der Waals surface area (Å²) in [5, 5.41) is 10.5. The first kappa shape index (κ1) is 19.5. The molecule has 0 radical (unpaired) electrons. The number of halogens is 1. The van der Waals surface area contributed by atoms with Crippen molar-refractivity contribution in [1.82, 2.24) is 9.55 Å². The first-order chi connectivity index (χ1) is 13.9. The Balaban J connectivity index is 1.34. The number of alkyl halides is 1. The number of nitrogens with zero attached hydrogens (tertiary/aromatic N) is 2. The van der Waals surface area contributed by atoms with Gasteiger partial charge in [0, 0.05) is 18.9 Å². The summed E-state index contributed by atoms with van der Waals surface area (Å²) in [6, 6.07) is 0. The van der Waals surface area contributed by atoms with E-state index in [-0.39, 0.29) is 0 Å². The Morgan fingerprint density at radius 3 is 2.90 bits per heavy atom. The van der Waals surface area contributed by atoms with Crippen LogP contribution in [0.4, 0.5) is 4.39 Å². The molecule has 7 atom stereocenters. The highest BCUT2D eigenvalue weighted by atomic mass is 19.1. The van der Waals surface area contributed by atoms with E-state index in [1.807, 2.05) is 18.7 Å². The number of hydrogen-bond donors (Lipinski definition) is 1. The predicted octanol–water partition coefficient (Wildman–Crippen LogP) is 5.33. The van der Waals surface area contributed by atoms with Crippen LogP contribution in [0.1, 0.15) is 58.3 Å². The Morgan fingerprint density at radius 2 is 2.14 bits per heavy atom. The molecular formula is C25H35FN2O. The molecule has 3 saturated carbocycles. The summed E-state index contributed by atoms with van der Waals surface area (Å²) in [5.74, 6) is 3.44. The molecule has 0 saturated heterocycles. The lowest BCUT2D eigenvalue weighted by molar-refractivity contribution is -0.0443. The molecule has 4 aliphatic carbocycles. The van der Waals surface area contributed by atoms with Gasteiger partial charge in [-0.2, -0.15) is 0 Å². The smallest absolute Gasteiger partial charge is 0.118 e. The van der Waals surface area contributed by atoms with E-state index < -0.39 is 12.3 Å². The fraction of sp³-hybridized carbons (Fsp3) is 0.720. The van der Waals surface area contributed by atoms with Gasteiger partial charge in [-0.25, -0.2) is 9.37 Å². The standard InChI is InChI=1S/C25H35FN2O/c1-17(14-28-12-11-27-16-28)22-5-6-23-21-4-3-18-13-25(29,15-26)10-8-19(18)20(21)7-9-24(22,23)2/h3,11-12,16,19-23,29H,1,4-10,13-15H2,2H3/t19-,20+,21+,22+,23-,24+,25+/m0/s1. The fourth-order valence-electron chi connectivity index (χ4n) is 7.87. The highest BCUT2D eigenvalue weighted by Gasteiger charge is 2.56. The topological polar surface area (TPSA) is 38.0 Å². The Hall–Kier alpha value is -1.42. The lowest BCUT2D eigenvalue weighted by atomic mass is 9.51. The second kappa shape index (κ2) is 7.08. The van der Waals surface area contributed by atoms with Gasteiger partial charge < -0.3 is 9.67 Å². The van der Waals surface area contributed by atoms with Gasteiger partial charge >= 0.3 is 0 Å². The SMILES string of the molecule is C=C(Cn1ccnc1)[C@H]1CC[C@H]2[C@@H]3CC=C4C[C@@](O)(CF)CC[C@@H]4[C@H]3CC[C@]12C. The monoisotopic (exact) mass is 398 g/mol. The minimum Gasteiger partial charge on any atom is -0.387 e. The lowest BCUT2D eigenvalue weighted by Gasteiger charge is -2.54. The van der Waals surface area contributed by atoms with E-state index in [1.165, 1.54) is 36.8 Å². The third kappa shape index (κ3) is 3.13. The Bertz CT molecular complexity index is 802. The van der Waals surface area contributed by atoms with Crippen molar-refractivity contribution < 1.29 is 9.50 Å². The van der Waals surface area contributed by atoms with Crippen molar-refractivity contribution in [3.63, 3.8) is 0 Å². The highest BCUT2D eigenvalue weighted by Crippen LogP contribution is 2.64. The molecule has 4 aliphatic rings. The Morgan fingerprint density at radius 1 is 1.28 bits per heavy atom. The van der Waals surface area contributed by atoms with E-state index >= 15 is 0 Å². The number of aromatic nitrogens is 2. The molecule has 0 aromatic carbocycles. The van der Waals surface area contributed by atoms with Crippen LogP contribution in [0.15, 0.2) is 42.5 Å². The molecule has 3 nitrogen and oxygen atoms in total. The van der Waals surface area contributed by atoms with Crippen molar-refractivity contribution in [2.75, 3.05) is 6.67 Å². The first-order valence-corrected chi connectivity index (χ1v) is 11.5. The van der Waals surface area contributed by atoms with Crippen molar-refractivity contribution in [2.24, 2.45) is 35.0 Å². The van der Waals surface area contributed by atoms with Crippen LogP contribution >= 0.6 is 0 Å². The van der Waals surface area contributed by atoms with Crippen LogP contribution in [0.25, 0.3) is 0 Å². The molecule has 3 fully saturated rings. The van der Waals surface area contributed by atoms with Crippen LogP contribution in [0.3, 0.4) is 0 Å². The van der Waals surface area contributed by atoms with Gasteiger partial charge in [0.05, 0.1) is 11.9 Å². The molecule has 0 bridgehead atoms. The maximum absolute atomic E-state index is 13.3. The molecule has 1 N–H and O–H groups in total. The summed E-state index contributed by atoms with van der Waals surface area (Å²) in [6.07, 6.45) is 16.6. The van der Waals surface area contributed by atoms with Crippen molar-refractivity contribution in [1.29, 1.82) is 0 Å². The molecule has 5 rings (SSSR count). The summed E-state index contributed by atoms with van der Waals surface area (Å²) in [5.41, 5.74) is 1.99. The van der Waals surface area contributed by atoms with Gasteiger partial charge in [-0.3, -0.25) is 0 Å². The number of rotatable bonds is 4. The van der Waals surface area contributed by atoms with Crippen LogP contribution in [-0.2, 0) is 6.54 Å². The van der Waals surface area contributed by atoms with Crippen LogP contribution in [0.2, 0.25) is 0 Å². The van der Waals surface area contributed by atoms with E-state index in [4.69, 9.17) is 0 Å². The molecule has 4 heteroatoms. The van der Waals surface area contributed by atoms with Crippen LogP contribution < -0.4 is 0 Å². The van der Waals surface area contributed by atoms with E-state index in [0.717, 1.165) is 37.1 Å². The fourth-order valence-corrected chi connectivity index (χ4v) is 7.87. The second-order valence-corrected chi connectivity index (χ2v) is 10.7. The third-order valence-electron chi connectivity index (χ3n) is 9.28. The number of aliphatic hydroxyl groups is 1. The molecule has 0 unspecified atom stereocenters. The molecule has 1 aromatic heterocycles. The zero-order chi connectivity index (χ0) is 20.2. The average molecular weight is 399 g/mol. The van der Waals surface area contributed by atoms with Gasteiger partial charge in [0.2, 0.25) is 0 Å². The summed E-state index contributed by atoms with van der Waals surface area (Å²) in [6.45, 7) is 7.33. The number of allylic oxidation sites excluding steroid dienone is 2. The number of fused-ring (bicyclic) bond motifs is 5. The second-order valence-electron chi connectivity index (χ2n) is 10.7. The molecule has 0 amide bonds. The lowest BCUT2D eigenvalue weighted by Crippen LogP contribution is -2.48. The summed E-state index contributed by atoms with van der Waals surface area (Å²) >= 11 is 0. The molecule has 158 valence electrons. The number of imidazole rings is 1. The molecule has 1 heterocycles. The summed E-state index contributed by atoms with van der Waals surface area (Å²) in [7, 11) is 0. The minimum atomic E-state index is -1.10. The van der Waals surface area contributed by atoms with Crippen molar-refractivity contribution >= 4 is 0 Å². The van der Waals surface area contributed by atoms with Crippen molar-refractivity contribution in [3.05, 3.63) is 42.5 Å². The highest BCUT2D eigenvalue weighted by molar-refractivity contribution is 5.23. The quantitative estimate of drug-likeness (QED) is 0.696. The van der Waals surface area contributed by atoms with Crippen LogP contribution in [-0.4, -0.2) is 26.9 Å². The molecular weight excluding hydrogens is 363 g/mol. The molecule has 1 aromatic rings. The maximum Gasteiger partial charge on any atom is 0.118 e. The number of hydrogen-bond acceptors (Lipinski definition) is 2. The Labute approximate surface area is 174 Å². The molecule has 0 aliphatic heterocycles. The molecule has 0 spiro atoms. The van der Waals surface area contributed by atoms with Gasteiger partial charge in [-0.05, 0) is 86.4 Å². The van der Waals surface area contributed by atoms with Crippen LogP contribution in [0, 0.1) is 35.0 Å². The largest absolute Gasteiger partial charge is 0.387 e. The minimum absolute atomic E-state index is 0.360. The zero-order valence-corrected chi connectivity index (χ0v) is 17.7. The van der Waals surface area contributed by atoms with E-state index in [9.17, 15) is 9.50 Å². The van der Waals surface area contributed by atoms with Gasteiger partial charge in [0.15, 0.2) is 0 Å². The van der Waals surface area contributed by atoms with E-state index in [0.29, 0.717) is 30.1 Å². The average Bonchev–Trinajstić information content (AvgIpc) is 3.34. The van der Waals surface area contributed by atoms with Gasteiger partial charge in [-0.15, -0.1) is 0 Å². The van der Waals surface area contributed by atoms with E-state index in [2.05, 4.69) is 29.1 Å². The van der Waals surface area contributed by atoms with E-state index in [1.54, 1.807) is 0 Å².